The first-order valence-electron chi connectivity index (χ1n) is 10.2. The Balaban J connectivity index is 1.93. The molecule has 1 amide bonds. The van der Waals surface area contributed by atoms with Gasteiger partial charge in [0.15, 0.2) is 6.10 Å². The molecule has 1 aliphatic carbocycles. The normalized spacial score (nSPS) is 17.7. The number of aromatic nitrogens is 2. The van der Waals surface area contributed by atoms with E-state index < -0.39 is 12.0 Å². The number of nitrogens with two attached hydrogens (primary N) is 1. The molecule has 0 saturated heterocycles. The minimum atomic E-state index is -0.932. The van der Waals surface area contributed by atoms with Gasteiger partial charge in [0.05, 0.1) is 12.4 Å². The van der Waals surface area contributed by atoms with E-state index in [0.29, 0.717) is 12.3 Å². The van der Waals surface area contributed by atoms with E-state index >= 15 is 0 Å². The molecule has 156 valence electrons. The number of amides is 1. The van der Waals surface area contributed by atoms with Gasteiger partial charge in [0.25, 0.3) is 5.91 Å². The third kappa shape index (κ3) is 5.76. The summed E-state index contributed by atoms with van der Waals surface area (Å²) in [5.74, 6) is 5.09. The zero-order chi connectivity index (χ0) is 20.5. The molecule has 0 bridgehead atoms. The van der Waals surface area contributed by atoms with E-state index in [0.717, 1.165) is 19.3 Å². The molecule has 1 aromatic carbocycles. The van der Waals surface area contributed by atoms with Gasteiger partial charge in [-0.3, -0.25) is 14.8 Å². The maximum Gasteiger partial charge on any atom is 0.274 e. The van der Waals surface area contributed by atoms with Crippen LogP contribution in [0.3, 0.4) is 0 Å². The first-order chi connectivity index (χ1) is 14.2. The molecular formula is C22H30N4O3. The van der Waals surface area contributed by atoms with Crippen molar-refractivity contribution in [1.82, 2.24) is 15.0 Å². The Kier molecular flexibility index (Phi) is 7.98. The van der Waals surface area contributed by atoms with Crippen LogP contribution >= 0.6 is 0 Å². The van der Waals surface area contributed by atoms with Crippen LogP contribution in [0.1, 0.15) is 50.1 Å². The topological polar surface area (TPSA) is 102 Å². The molecule has 2 aromatic rings. The molecule has 2 unspecified atom stereocenters. The first kappa shape index (κ1) is 21.2. The Morgan fingerprint density at radius 3 is 2.69 bits per heavy atom. The standard InChI is InChI=1S/C22H30N4O3/c23-29-21(22(27)25-28)12-11-19(18-9-5-2-6-10-18)20(26-14-13-24-16-26)15-17-7-3-1-4-8-17/h1,3-4,7-8,11,13-14,16,18,20-21,28H,2,5-6,9-10,12,15,23H2,(H,25,27). The number of nitrogens with zero attached hydrogens (tertiary/aromatic N) is 2. The highest BCUT2D eigenvalue weighted by Gasteiger charge is 2.27. The Morgan fingerprint density at radius 2 is 2.07 bits per heavy atom. The van der Waals surface area contributed by atoms with Gasteiger partial charge in [0, 0.05) is 18.8 Å². The number of nitrogens with one attached hydrogen (secondary N) is 1. The van der Waals surface area contributed by atoms with E-state index in [1.807, 2.05) is 30.7 Å². The van der Waals surface area contributed by atoms with Crippen molar-refractivity contribution in [3.05, 3.63) is 66.3 Å². The van der Waals surface area contributed by atoms with Crippen LogP contribution in [-0.4, -0.2) is 26.8 Å². The number of benzene rings is 1. The molecule has 0 spiro atoms. The van der Waals surface area contributed by atoms with Gasteiger partial charge in [-0.1, -0.05) is 55.7 Å². The third-order valence-corrected chi connectivity index (χ3v) is 5.75. The van der Waals surface area contributed by atoms with Gasteiger partial charge in [-0.2, -0.15) is 0 Å². The lowest BCUT2D eigenvalue weighted by Crippen LogP contribution is -2.36. The number of imidazole rings is 1. The van der Waals surface area contributed by atoms with Crippen molar-refractivity contribution < 1.29 is 14.8 Å². The molecule has 4 N–H and O–H groups in total. The van der Waals surface area contributed by atoms with Gasteiger partial charge in [-0.05, 0) is 36.3 Å². The average Bonchev–Trinajstić information content (AvgIpc) is 3.31. The van der Waals surface area contributed by atoms with Crippen molar-refractivity contribution >= 4 is 5.91 Å². The van der Waals surface area contributed by atoms with Crippen LogP contribution in [0.4, 0.5) is 0 Å². The van der Waals surface area contributed by atoms with Crippen molar-refractivity contribution in [3.8, 4) is 0 Å². The second-order valence-electron chi connectivity index (χ2n) is 7.59. The van der Waals surface area contributed by atoms with E-state index in [-0.39, 0.29) is 6.04 Å². The third-order valence-electron chi connectivity index (χ3n) is 5.75. The second kappa shape index (κ2) is 10.9. The van der Waals surface area contributed by atoms with Crippen LogP contribution in [0.15, 0.2) is 60.7 Å². The minimum absolute atomic E-state index is 0.0959. The highest BCUT2D eigenvalue weighted by Crippen LogP contribution is 2.37. The van der Waals surface area contributed by atoms with Crippen molar-refractivity contribution in [2.75, 3.05) is 0 Å². The SMILES string of the molecule is NOC(CC=C(C1CCCCC1)C(Cc1ccccc1)n1ccnc1)C(=O)NO. The van der Waals surface area contributed by atoms with Crippen molar-refractivity contribution in [3.63, 3.8) is 0 Å². The van der Waals surface area contributed by atoms with Gasteiger partial charge in [0.1, 0.15) is 0 Å². The van der Waals surface area contributed by atoms with Crippen molar-refractivity contribution in [2.24, 2.45) is 11.8 Å². The lowest BCUT2D eigenvalue weighted by Gasteiger charge is -2.32. The molecular weight excluding hydrogens is 368 g/mol. The summed E-state index contributed by atoms with van der Waals surface area (Å²) in [6.07, 6.45) is 13.8. The molecule has 1 aliphatic rings. The Hall–Kier alpha value is -2.48. The van der Waals surface area contributed by atoms with Gasteiger partial charge in [-0.25, -0.2) is 16.4 Å². The predicted molar refractivity (Wildman–Crippen MR) is 110 cm³/mol. The lowest BCUT2D eigenvalue weighted by molar-refractivity contribution is -0.141. The van der Waals surface area contributed by atoms with Crippen LogP contribution in [0.2, 0.25) is 0 Å². The summed E-state index contributed by atoms with van der Waals surface area (Å²) in [7, 11) is 0. The molecule has 1 saturated carbocycles. The summed E-state index contributed by atoms with van der Waals surface area (Å²) in [5.41, 5.74) is 4.15. The molecule has 0 aliphatic heterocycles. The van der Waals surface area contributed by atoms with Gasteiger partial charge in [-0.15, -0.1) is 0 Å². The fourth-order valence-corrected chi connectivity index (χ4v) is 4.24. The number of rotatable bonds is 9. The summed E-state index contributed by atoms with van der Waals surface area (Å²) in [4.78, 5) is 20.9. The molecule has 0 radical (unpaired) electrons. The average molecular weight is 399 g/mol. The summed E-state index contributed by atoms with van der Waals surface area (Å²) < 4.78 is 2.14. The van der Waals surface area contributed by atoms with E-state index in [9.17, 15) is 4.79 Å². The van der Waals surface area contributed by atoms with Crippen LogP contribution < -0.4 is 11.4 Å². The van der Waals surface area contributed by atoms with Gasteiger partial charge >= 0.3 is 0 Å². The second-order valence-corrected chi connectivity index (χ2v) is 7.59. The Morgan fingerprint density at radius 1 is 1.31 bits per heavy atom. The number of hydroxylamine groups is 1. The maximum absolute atomic E-state index is 11.8. The number of carbonyl (C=O) groups is 1. The Bertz CT molecular complexity index is 771. The van der Waals surface area contributed by atoms with Gasteiger partial charge in [0.2, 0.25) is 0 Å². The smallest absolute Gasteiger partial charge is 0.274 e. The highest BCUT2D eigenvalue weighted by molar-refractivity contribution is 5.79. The molecule has 29 heavy (non-hydrogen) atoms. The van der Waals surface area contributed by atoms with Crippen LogP contribution in [0.25, 0.3) is 0 Å². The predicted octanol–water partition coefficient (Wildman–Crippen LogP) is 3.33. The molecule has 1 heterocycles. The number of hydrogen-bond acceptors (Lipinski definition) is 5. The number of carbonyl (C=O) groups excluding carboxylic acids is 1. The molecule has 7 nitrogen and oxygen atoms in total. The van der Waals surface area contributed by atoms with E-state index in [1.165, 1.54) is 30.4 Å². The van der Waals surface area contributed by atoms with Crippen molar-refractivity contribution in [2.45, 2.75) is 57.1 Å². The molecule has 3 rings (SSSR count). The van der Waals surface area contributed by atoms with E-state index in [4.69, 9.17) is 15.9 Å². The van der Waals surface area contributed by atoms with Crippen LogP contribution in [0, 0.1) is 5.92 Å². The largest absolute Gasteiger partial charge is 0.330 e. The van der Waals surface area contributed by atoms with Gasteiger partial charge < -0.3 is 4.57 Å². The summed E-state index contributed by atoms with van der Waals surface area (Å²) in [6.45, 7) is 0. The van der Waals surface area contributed by atoms with E-state index in [1.54, 1.807) is 11.7 Å². The van der Waals surface area contributed by atoms with Crippen molar-refractivity contribution in [1.29, 1.82) is 0 Å². The van der Waals surface area contributed by atoms with Crippen LogP contribution in [0.5, 0.6) is 0 Å². The molecule has 2 atom stereocenters. The van der Waals surface area contributed by atoms with E-state index in [2.05, 4.69) is 27.8 Å². The summed E-state index contributed by atoms with van der Waals surface area (Å²) >= 11 is 0. The summed E-state index contributed by atoms with van der Waals surface area (Å²) in [5, 5.41) is 8.94. The highest BCUT2D eigenvalue weighted by atomic mass is 16.6. The molecule has 7 heteroatoms. The maximum atomic E-state index is 11.8. The number of hydrogen-bond donors (Lipinski definition) is 3. The summed E-state index contributed by atoms with van der Waals surface area (Å²) in [6, 6.07) is 10.5. The zero-order valence-electron chi connectivity index (χ0n) is 16.6. The zero-order valence-corrected chi connectivity index (χ0v) is 16.6. The molecule has 1 fully saturated rings. The minimum Gasteiger partial charge on any atom is -0.330 e. The fraction of sp³-hybridized carbons (Fsp3) is 0.455. The number of allylic oxidation sites excluding steroid dienone is 1. The Labute approximate surface area is 171 Å². The lowest BCUT2D eigenvalue weighted by atomic mass is 9.78. The first-order valence-corrected chi connectivity index (χ1v) is 10.2. The monoisotopic (exact) mass is 398 g/mol. The quantitative estimate of drug-likeness (QED) is 0.342. The van der Waals surface area contributed by atoms with Crippen LogP contribution in [-0.2, 0) is 16.1 Å². The fourth-order valence-electron chi connectivity index (χ4n) is 4.24. The molecule has 1 aromatic heterocycles.